The van der Waals surface area contributed by atoms with Crippen LogP contribution in [-0.4, -0.2) is 9.13 Å². The minimum atomic E-state index is -0.192. The molecule has 0 fully saturated rings. The second kappa shape index (κ2) is 11.3. The maximum atomic E-state index is 11.0. The van der Waals surface area contributed by atoms with Crippen molar-refractivity contribution in [2.24, 2.45) is 0 Å². The Balaban J connectivity index is 1.20. The molecule has 0 unspecified atom stereocenters. The molecule has 0 aliphatic heterocycles. The number of hydrogen-bond donors (Lipinski definition) is 0. The summed E-state index contributed by atoms with van der Waals surface area (Å²) in [6, 6.07) is 60.4. The molecule has 0 saturated heterocycles. The number of nitrogens with zero attached hydrogens (tertiary/aromatic N) is 4. The van der Waals surface area contributed by atoms with Gasteiger partial charge in [-0.3, -0.25) is 0 Å². The Kier molecular flexibility index (Phi) is 6.40. The predicted octanol–water partition coefficient (Wildman–Crippen LogP) is 12.8. The predicted molar refractivity (Wildman–Crippen MR) is 225 cm³/mol. The van der Waals surface area contributed by atoms with Crippen LogP contribution in [0.3, 0.4) is 0 Å². The summed E-state index contributed by atoms with van der Waals surface area (Å²) in [7, 11) is 0. The largest absolute Gasteiger partial charge is 0.308 e. The van der Waals surface area contributed by atoms with Crippen molar-refractivity contribution in [1.82, 2.24) is 9.13 Å². The number of benzene rings is 8. The van der Waals surface area contributed by atoms with E-state index in [0.717, 1.165) is 65.5 Å². The molecule has 0 amide bonds. The molecular formula is C51H32N4. The lowest BCUT2D eigenvalue weighted by Gasteiger charge is -2.22. The van der Waals surface area contributed by atoms with Crippen molar-refractivity contribution in [2.75, 3.05) is 0 Å². The van der Waals surface area contributed by atoms with Crippen LogP contribution < -0.4 is 0 Å². The maximum absolute atomic E-state index is 11.0. The van der Waals surface area contributed by atoms with E-state index in [0.29, 0.717) is 22.5 Å². The molecular weight excluding hydrogens is 669 g/mol. The van der Waals surface area contributed by atoms with Crippen molar-refractivity contribution in [3.63, 3.8) is 0 Å². The molecule has 0 spiro atoms. The fourth-order valence-electron chi connectivity index (χ4n) is 9.41. The van der Waals surface area contributed by atoms with Gasteiger partial charge in [-0.25, -0.2) is 0 Å². The zero-order valence-electron chi connectivity index (χ0n) is 30.3. The van der Waals surface area contributed by atoms with E-state index in [-0.39, 0.29) is 5.41 Å². The van der Waals surface area contributed by atoms with Crippen LogP contribution in [0, 0.1) is 22.7 Å². The van der Waals surface area contributed by atoms with Gasteiger partial charge in [0.15, 0.2) is 0 Å². The lowest BCUT2D eigenvalue weighted by Crippen LogP contribution is -2.15. The number of nitriles is 2. The minimum Gasteiger partial charge on any atom is -0.308 e. The quantitative estimate of drug-likeness (QED) is 0.184. The normalized spacial score (nSPS) is 13.0. The molecule has 256 valence electrons. The van der Waals surface area contributed by atoms with E-state index in [1.165, 1.54) is 22.3 Å². The molecule has 0 radical (unpaired) electrons. The fraction of sp³-hybridized carbons (Fsp3) is 0.0588. The number of aromatic nitrogens is 2. The molecule has 1 aliphatic carbocycles. The third kappa shape index (κ3) is 4.25. The number of fused-ring (bicyclic) bond motifs is 11. The van der Waals surface area contributed by atoms with Gasteiger partial charge in [-0.15, -0.1) is 0 Å². The number of rotatable bonds is 3. The van der Waals surface area contributed by atoms with Gasteiger partial charge in [-0.1, -0.05) is 123 Å². The monoisotopic (exact) mass is 700 g/mol. The number of hydrogen-bond acceptors (Lipinski definition) is 2. The lowest BCUT2D eigenvalue weighted by atomic mass is 9.82. The van der Waals surface area contributed by atoms with Gasteiger partial charge in [0.1, 0.15) is 12.1 Å². The number of para-hydroxylation sites is 1. The summed E-state index contributed by atoms with van der Waals surface area (Å²) < 4.78 is 4.37. The minimum absolute atomic E-state index is 0.192. The Morgan fingerprint density at radius 1 is 0.436 bits per heavy atom. The highest BCUT2D eigenvalue weighted by Gasteiger charge is 2.36. The Morgan fingerprint density at radius 3 is 1.85 bits per heavy atom. The van der Waals surface area contributed by atoms with Gasteiger partial charge in [0.25, 0.3) is 0 Å². The van der Waals surface area contributed by atoms with Gasteiger partial charge in [-0.2, -0.15) is 10.5 Å². The molecule has 2 aromatic heterocycles. The van der Waals surface area contributed by atoms with Crippen molar-refractivity contribution < 1.29 is 0 Å². The summed E-state index contributed by atoms with van der Waals surface area (Å²) >= 11 is 0. The first-order chi connectivity index (χ1) is 27.0. The van der Waals surface area contributed by atoms with Crippen LogP contribution in [0.4, 0.5) is 0 Å². The topological polar surface area (TPSA) is 57.4 Å². The fourth-order valence-corrected chi connectivity index (χ4v) is 9.41. The maximum Gasteiger partial charge on any atom is 0.101 e. The molecule has 55 heavy (non-hydrogen) atoms. The van der Waals surface area contributed by atoms with E-state index in [1.807, 2.05) is 24.3 Å². The van der Waals surface area contributed by atoms with Crippen molar-refractivity contribution in [1.29, 1.82) is 10.5 Å². The molecule has 2 heterocycles. The summed E-state index contributed by atoms with van der Waals surface area (Å²) in [6.07, 6.45) is 0. The summed E-state index contributed by atoms with van der Waals surface area (Å²) in [5.41, 5.74) is 13.5. The van der Waals surface area contributed by atoms with Crippen LogP contribution in [0.15, 0.2) is 158 Å². The highest BCUT2D eigenvalue weighted by Crippen LogP contribution is 2.51. The van der Waals surface area contributed by atoms with Crippen LogP contribution in [-0.2, 0) is 5.41 Å². The van der Waals surface area contributed by atoms with E-state index in [2.05, 4.69) is 169 Å². The summed E-state index contributed by atoms with van der Waals surface area (Å²) in [5, 5.41) is 28.7. The molecule has 4 nitrogen and oxygen atoms in total. The van der Waals surface area contributed by atoms with Gasteiger partial charge in [-0.05, 0) is 92.7 Å². The van der Waals surface area contributed by atoms with E-state index in [9.17, 15) is 10.5 Å². The van der Waals surface area contributed by atoms with Crippen LogP contribution in [0.5, 0.6) is 0 Å². The van der Waals surface area contributed by atoms with Crippen LogP contribution in [0.2, 0.25) is 0 Å². The van der Waals surface area contributed by atoms with Gasteiger partial charge < -0.3 is 9.13 Å². The first-order valence-electron chi connectivity index (χ1n) is 18.6. The van der Waals surface area contributed by atoms with E-state index >= 15 is 0 Å². The molecule has 1 aliphatic rings. The molecule has 0 N–H and O–H groups in total. The third-order valence-corrected chi connectivity index (χ3v) is 12.0. The van der Waals surface area contributed by atoms with Crippen LogP contribution in [0.25, 0.3) is 88.0 Å². The van der Waals surface area contributed by atoms with Crippen molar-refractivity contribution >= 4 is 54.4 Å². The van der Waals surface area contributed by atoms with Crippen molar-refractivity contribution in [3.05, 3.63) is 180 Å². The molecule has 0 bridgehead atoms. The average Bonchev–Trinajstić information content (AvgIpc) is 3.82. The molecule has 0 saturated carbocycles. The lowest BCUT2D eigenvalue weighted by molar-refractivity contribution is 0.661. The Hall–Kier alpha value is -7.40. The molecule has 8 aromatic carbocycles. The van der Waals surface area contributed by atoms with Crippen LogP contribution in [0.1, 0.15) is 36.1 Å². The Bertz CT molecular complexity index is 3360. The molecule has 4 heteroatoms. The van der Waals surface area contributed by atoms with Crippen molar-refractivity contribution in [2.45, 2.75) is 19.3 Å². The zero-order chi connectivity index (χ0) is 37.0. The van der Waals surface area contributed by atoms with Crippen LogP contribution >= 0.6 is 0 Å². The van der Waals surface area contributed by atoms with Gasteiger partial charge in [0.05, 0.1) is 44.6 Å². The third-order valence-electron chi connectivity index (χ3n) is 12.0. The van der Waals surface area contributed by atoms with Gasteiger partial charge >= 0.3 is 0 Å². The van der Waals surface area contributed by atoms with E-state index in [1.54, 1.807) is 0 Å². The SMILES string of the molecule is CC1(C)c2ccccc2-c2cc3c4ccccc4n(-c4cc(C#N)c(-n5c6ccc(-c7ccccc7)cc6c6c7ccccc7ccc65)cc4C#N)c3cc21. The molecule has 10 aromatic rings. The first kappa shape index (κ1) is 31.2. The van der Waals surface area contributed by atoms with E-state index < -0.39 is 0 Å². The highest BCUT2D eigenvalue weighted by atomic mass is 15.0. The average molecular weight is 701 g/mol. The summed E-state index contributed by atoms with van der Waals surface area (Å²) in [5.74, 6) is 0. The molecule has 11 rings (SSSR count). The highest BCUT2D eigenvalue weighted by molar-refractivity contribution is 6.22. The summed E-state index contributed by atoms with van der Waals surface area (Å²) in [4.78, 5) is 0. The second-order valence-corrected chi connectivity index (χ2v) is 15.2. The standard InChI is InChI=1S/C51H32N4/c1-51(2)42-18-10-8-16-37(42)39-27-40-38-17-9-11-19-44(38)55(49(40)28-43(39)51)48-26-34(29-52)47(25-35(48)30-53)54-45-22-21-33(31-12-4-3-5-13-31)24-41(45)50-36-15-7-6-14-32(36)20-23-46(50)54/h3-28H,1-2H3. The van der Waals surface area contributed by atoms with Gasteiger partial charge in [0, 0.05) is 27.0 Å². The van der Waals surface area contributed by atoms with Gasteiger partial charge in [0.2, 0.25) is 0 Å². The zero-order valence-corrected chi connectivity index (χ0v) is 30.3. The molecule has 0 atom stereocenters. The smallest absolute Gasteiger partial charge is 0.101 e. The summed E-state index contributed by atoms with van der Waals surface area (Å²) in [6.45, 7) is 4.58. The Morgan fingerprint density at radius 2 is 1.07 bits per heavy atom. The van der Waals surface area contributed by atoms with E-state index in [4.69, 9.17) is 0 Å². The second-order valence-electron chi connectivity index (χ2n) is 15.2. The first-order valence-corrected chi connectivity index (χ1v) is 18.6. The van der Waals surface area contributed by atoms with Crippen molar-refractivity contribution in [3.8, 4) is 45.8 Å². The Labute approximate surface area is 318 Å².